The van der Waals surface area contributed by atoms with Crippen molar-refractivity contribution < 1.29 is 14.5 Å². The molecule has 7 heteroatoms. The Morgan fingerprint density at radius 1 is 1.26 bits per heavy atom. The summed E-state index contributed by atoms with van der Waals surface area (Å²) >= 11 is 0. The molecule has 2 rings (SSSR count). The van der Waals surface area contributed by atoms with E-state index in [2.05, 4.69) is 4.90 Å². The Bertz CT molecular complexity index is 515. The highest BCUT2D eigenvalue weighted by atomic mass is 35.5. The predicted octanol–water partition coefficient (Wildman–Crippen LogP) is 3.50. The van der Waals surface area contributed by atoms with Gasteiger partial charge in [0.25, 0.3) is 5.69 Å². The van der Waals surface area contributed by atoms with Crippen LogP contribution in [0.25, 0.3) is 0 Å². The van der Waals surface area contributed by atoms with Crippen LogP contribution in [-0.2, 0) is 9.53 Å². The molecule has 1 fully saturated rings. The van der Waals surface area contributed by atoms with E-state index >= 15 is 0 Å². The Labute approximate surface area is 142 Å². The van der Waals surface area contributed by atoms with Crippen LogP contribution in [0, 0.1) is 10.1 Å². The third kappa shape index (κ3) is 5.48. The Kier molecular flexibility index (Phi) is 7.98. The summed E-state index contributed by atoms with van der Waals surface area (Å²) in [7, 11) is 0. The lowest BCUT2D eigenvalue weighted by molar-refractivity contribution is -0.384. The number of benzene rings is 1. The SMILES string of the molecule is CCOC(=O)CC(c1ccc([N+](=O)[O-])cc1)N1CCCCC1.Cl. The molecule has 1 saturated heterocycles. The molecule has 1 aliphatic rings. The van der Waals surface area contributed by atoms with Gasteiger partial charge in [-0.15, -0.1) is 12.4 Å². The van der Waals surface area contributed by atoms with Crippen LogP contribution in [-0.4, -0.2) is 35.5 Å². The van der Waals surface area contributed by atoms with E-state index in [-0.39, 0.29) is 36.5 Å². The van der Waals surface area contributed by atoms with Gasteiger partial charge in [0.1, 0.15) is 0 Å². The van der Waals surface area contributed by atoms with Gasteiger partial charge in [0.15, 0.2) is 0 Å². The summed E-state index contributed by atoms with van der Waals surface area (Å²) in [6, 6.07) is 6.42. The minimum Gasteiger partial charge on any atom is -0.466 e. The molecule has 0 bridgehead atoms. The summed E-state index contributed by atoms with van der Waals surface area (Å²) in [5, 5.41) is 10.8. The minimum absolute atomic E-state index is 0. The highest BCUT2D eigenvalue weighted by Gasteiger charge is 2.25. The maximum Gasteiger partial charge on any atom is 0.307 e. The predicted molar refractivity (Wildman–Crippen MR) is 89.8 cm³/mol. The topological polar surface area (TPSA) is 72.7 Å². The van der Waals surface area contributed by atoms with Crippen molar-refractivity contribution in [2.24, 2.45) is 0 Å². The Hall–Kier alpha value is -1.66. The van der Waals surface area contributed by atoms with Crippen LogP contribution in [0.2, 0.25) is 0 Å². The average molecular weight is 343 g/mol. The van der Waals surface area contributed by atoms with Crippen molar-refractivity contribution in [3.05, 3.63) is 39.9 Å². The normalized spacial score (nSPS) is 16.2. The molecule has 0 aliphatic carbocycles. The Morgan fingerprint density at radius 3 is 2.39 bits per heavy atom. The fraction of sp³-hybridized carbons (Fsp3) is 0.562. The second kappa shape index (κ2) is 9.47. The van der Waals surface area contributed by atoms with Crippen LogP contribution in [0.15, 0.2) is 24.3 Å². The van der Waals surface area contributed by atoms with Gasteiger partial charge in [-0.2, -0.15) is 0 Å². The average Bonchev–Trinajstić information content (AvgIpc) is 2.54. The highest BCUT2D eigenvalue weighted by Crippen LogP contribution is 2.29. The number of nitro benzene ring substituents is 1. The number of nitro groups is 1. The molecule has 128 valence electrons. The van der Waals surface area contributed by atoms with E-state index in [1.165, 1.54) is 18.6 Å². The van der Waals surface area contributed by atoms with E-state index in [0.29, 0.717) is 6.61 Å². The maximum atomic E-state index is 11.9. The monoisotopic (exact) mass is 342 g/mol. The van der Waals surface area contributed by atoms with Crippen LogP contribution in [0.5, 0.6) is 0 Å². The van der Waals surface area contributed by atoms with Crippen molar-refractivity contribution >= 4 is 24.1 Å². The van der Waals surface area contributed by atoms with Crippen molar-refractivity contribution in [3.63, 3.8) is 0 Å². The van der Waals surface area contributed by atoms with E-state index < -0.39 is 4.92 Å². The number of carbonyl (C=O) groups excluding carboxylic acids is 1. The molecule has 0 amide bonds. The van der Waals surface area contributed by atoms with Crippen LogP contribution in [0.3, 0.4) is 0 Å². The van der Waals surface area contributed by atoms with Gasteiger partial charge in [-0.25, -0.2) is 0 Å². The van der Waals surface area contributed by atoms with Crippen molar-refractivity contribution in [1.82, 2.24) is 4.90 Å². The summed E-state index contributed by atoms with van der Waals surface area (Å²) in [6.45, 7) is 4.05. The summed E-state index contributed by atoms with van der Waals surface area (Å²) in [6.07, 6.45) is 3.73. The zero-order valence-corrected chi connectivity index (χ0v) is 14.1. The lowest BCUT2D eigenvalue weighted by Crippen LogP contribution is -2.35. The number of likely N-dealkylation sites (tertiary alicyclic amines) is 1. The molecule has 1 atom stereocenters. The number of rotatable bonds is 6. The third-order valence-electron chi connectivity index (χ3n) is 3.99. The van der Waals surface area contributed by atoms with Crippen LogP contribution >= 0.6 is 12.4 Å². The van der Waals surface area contributed by atoms with Crippen molar-refractivity contribution in [2.45, 2.75) is 38.6 Å². The Balaban J connectivity index is 0.00000264. The number of esters is 1. The van der Waals surface area contributed by atoms with Crippen molar-refractivity contribution in [3.8, 4) is 0 Å². The fourth-order valence-corrected chi connectivity index (χ4v) is 2.88. The number of non-ortho nitro benzene ring substituents is 1. The molecule has 0 N–H and O–H groups in total. The second-order valence-corrected chi connectivity index (χ2v) is 5.47. The van der Waals surface area contributed by atoms with Gasteiger partial charge in [-0.1, -0.05) is 18.6 Å². The molecule has 0 aromatic heterocycles. The van der Waals surface area contributed by atoms with Crippen molar-refractivity contribution in [2.75, 3.05) is 19.7 Å². The molecular weight excluding hydrogens is 320 g/mol. The van der Waals surface area contributed by atoms with E-state index in [0.717, 1.165) is 31.5 Å². The molecule has 1 aromatic rings. The number of nitrogens with zero attached hydrogens (tertiary/aromatic N) is 2. The third-order valence-corrected chi connectivity index (χ3v) is 3.99. The number of ether oxygens (including phenoxy) is 1. The summed E-state index contributed by atoms with van der Waals surface area (Å²) < 4.78 is 5.07. The van der Waals surface area contributed by atoms with E-state index in [9.17, 15) is 14.9 Å². The Morgan fingerprint density at radius 2 is 1.87 bits per heavy atom. The molecule has 0 spiro atoms. The zero-order valence-electron chi connectivity index (χ0n) is 13.3. The largest absolute Gasteiger partial charge is 0.466 e. The number of piperidine rings is 1. The van der Waals surface area contributed by atoms with E-state index in [4.69, 9.17) is 4.74 Å². The molecule has 6 nitrogen and oxygen atoms in total. The van der Waals surface area contributed by atoms with Gasteiger partial charge in [0.2, 0.25) is 0 Å². The fourth-order valence-electron chi connectivity index (χ4n) is 2.88. The van der Waals surface area contributed by atoms with Gasteiger partial charge >= 0.3 is 5.97 Å². The molecular formula is C16H23ClN2O4. The first-order valence-electron chi connectivity index (χ1n) is 7.76. The van der Waals surface area contributed by atoms with Gasteiger partial charge < -0.3 is 4.74 Å². The molecule has 0 saturated carbocycles. The lowest BCUT2D eigenvalue weighted by atomic mass is 9.98. The first kappa shape index (κ1) is 19.4. The van der Waals surface area contributed by atoms with Gasteiger partial charge in [-0.05, 0) is 38.4 Å². The zero-order chi connectivity index (χ0) is 15.9. The second-order valence-electron chi connectivity index (χ2n) is 5.47. The molecule has 1 aromatic carbocycles. The number of halogens is 1. The first-order valence-corrected chi connectivity index (χ1v) is 7.76. The van der Waals surface area contributed by atoms with Gasteiger partial charge in [0, 0.05) is 18.2 Å². The quantitative estimate of drug-likeness (QED) is 0.449. The van der Waals surface area contributed by atoms with Crippen LogP contribution < -0.4 is 0 Å². The summed E-state index contributed by atoms with van der Waals surface area (Å²) in [5.41, 5.74) is 0.998. The first-order chi connectivity index (χ1) is 10.6. The van der Waals surface area contributed by atoms with Crippen molar-refractivity contribution in [1.29, 1.82) is 0 Å². The van der Waals surface area contributed by atoms with E-state index in [1.54, 1.807) is 19.1 Å². The molecule has 0 radical (unpaired) electrons. The summed E-state index contributed by atoms with van der Waals surface area (Å²) in [5.74, 6) is -0.226. The van der Waals surface area contributed by atoms with Gasteiger partial charge in [0.05, 0.1) is 18.0 Å². The molecule has 1 aliphatic heterocycles. The van der Waals surface area contributed by atoms with Crippen LogP contribution in [0.4, 0.5) is 5.69 Å². The minimum atomic E-state index is -0.412. The molecule has 23 heavy (non-hydrogen) atoms. The van der Waals surface area contributed by atoms with E-state index in [1.807, 2.05) is 0 Å². The summed E-state index contributed by atoms with van der Waals surface area (Å²) in [4.78, 5) is 24.5. The standard InChI is InChI=1S/C16H22N2O4.ClH/c1-2-22-16(19)12-15(17-10-4-3-5-11-17)13-6-8-14(9-7-13)18(20)21;/h6-9,15H,2-5,10-12H2,1H3;1H. The smallest absolute Gasteiger partial charge is 0.307 e. The lowest BCUT2D eigenvalue weighted by Gasteiger charge is -2.34. The molecule has 1 heterocycles. The molecule has 1 unspecified atom stereocenters. The number of carbonyl (C=O) groups is 1. The highest BCUT2D eigenvalue weighted by molar-refractivity contribution is 5.85. The van der Waals surface area contributed by atoms with Gasteiger partial charge in [-0.3, -0.25) is 19.8 Å². The maximum absolute atomic E-state index is 11.9. The number of hydrogen-bond donors (Lipinski definition) is 0. The number of hydrogen-bond acceptors (Lipinski definition) is 5. The van der Waals surface area contributed by atoms with Crippen LogP contribution in [0.1, 0.15) is 44.2 Å².